The fourth-order valence-corrected chi connectivity index (χ4v) is 4.06. The standard InChI is InChI=1S/C16H33N3/c1-4-9-16(10-6-11-17-16)14-18(3)15-7-12-19(5-2)13-8-15/h15,17H,4-14H2,1-3H3. The predicted molar refractivity (Wildman–Crippen MR) is 82.6 cm³/mol. The minimum atomic E-state index is 0.422. The molecule has 1 atom stereocenters. The molecule has 0 spiro atoms. The molecule has 0 radical (unpaired) electrons. The Labute approximate surface area is 119 Å². The minimum Gasteiger partial charge on any atom is -0.310 e. The van der Waals surface area contributed by atoms with Crippen molar-refractivity contribution in [1.29, 1.82) is 0 Å². The third-order valence-electron chi connectivity index (χ3n) is 5.24. The molecule has 0 saturated carbocycles. The summed E-state index contributed by atoms with van der Waals surface area (Å²) in [7, 11) is 2.35. The topological polar surface area (TPSA) is 18.5 Å². The second-order valence-corrected chi connectivity index (χ2v) is 6.64. The van der Waals surface area contributed by atoms with E-state index in [0.717, 1.165) is 6.04 Å². The number of nitrogens with zero attached hydrogens (tertiary/aromatic N) is 2. The van der Waals surface area contributed by atoms with Crippen molar-refractivity contribution in [3.63, 3.8) is 0 Å². The summed E-state index contributed by atoms with van der Waals surface area (Å²) in [4.78, 5) is 5.24. The number of likely N-dealkylation sites (N-methyl/N-ethyl adjacent to an activating group) is 1. The number of hydrogen-bond acceptors (Lipinski definition) is 3. The highest BCUT2D eigenvalue weighted by molar-refractivity contribution is 4.96. The van der Waals surface area contributed by atoms with Crippen LogP contribution in [0.5, 0.6) is 0 Å². The molecular formula is C16H33N3. The lowest BCUT2D eigenvalue weighted by Crippen LogP contribution is -2.53. The average Bonchev–Trinajstić information content (AvgIpc) is 2.87. The van der Waals surface area contributed by atoms with Crippen molar-refractivity contribution in [3.05, 3.63) is 0 Å². The molecule has 2 aliphatic rings. The summed E-state index contributed by atoms with van der Waals surface area (Å²) in [6.07, 6.45) is 8.08. The van der Waals surface area contributed by atoms with E-state index in [1.54, 1.807) is 0 Å². The van der Waals surface area contributed by atoms with E-state index in [0.29, 0.717) is 5.54 Å². The Kier molecular flexibility index (Phi) is 5.67. The summed E-state index contributed by atoms with van der Waals surface area (Å²) >= 11 is 0. The van der Waals surface area contributed by atoms with Crippen molar-refractivity contribution >= 4 is 0 Å². The Bertz CT molecular complexity index is 253. The molecule has 3 nitrogen and oxygen atoms in total. The first-order valence-electron chi connectivity index (χ1n) is 8.37. The fraction of sp³-hybridized carbons (Fsp3) is 1.00. The van der Waals surface area contributed by atoms with Gasteiger partial charge in [-0.1, -0.05) is 20.3 Å². The lowest BCUT2D eigenvalue weighted by atomic mass is 9.90. The van der Waals surface area contributed by atoms with Crippen LogP contribution in [0.25, 0.3) is 0 Å². The van der Waals surface area contributed by atoms with E-state index < -0.39 is 0 Å². The van der Waals surface area contributed by atoms with Gasteiger partial charge in [0.2, 0.25) is 0 Å². The van der Waals surface area contributed by atoms with Crippen molar-refractivity contribution in [2.45, 2.75) is 64.0 Å². The molecule has 0 amide bonds. The number of hydrogen-bond donors (Lipinski definition) is 1. The van der Waals surface area contributed by atoms with Crippen LogP contribution in [0, 0.1) is 0 Å². The molecule has 0 aromatic carbocycles. The second-order valence-electron chi connectivity index (χ2n) is 6.64. The molecule has 2 fully saturated rings. The van der Waals surface area contributed by atoms with Gasteiger partial charge in [-0.15, -0.1) is 0 Å². The van der Waals surface area contributed by atoms with Crippen molar-refractivity contribution in [2.75, 3.05) is 39.8 Å². The van der Waals surface area contributed by atoms with Crippen LogP contribution in [0.4, 0.5) is 0 Å². The maximum Gasteiger partial charge on any atom is 0.0309 e. The van der Waals surface area contributed by atoms with Gasteiger partial charge in [-0.25, -0.2) is 0 Å². The molecule has 2 saturated heterocycles. The molecule has 2 heterocycles. The zero-order valence-electron chi connectivity index (χ0n) is 13.2. The van der Waals surface area contributed by atoms with E-state index in [2.05, 4.69) is 36.0 Å². The summed E-state index contributed by atoms with van der Waals surface area (Å²) in [5.74, 6) is 0. The van der Waals surface area contributed by atoms with Gasteiger partial charge in [-0.2, -0.15) is 0 Å². The number of piperidine rings is 1. The lowest BCUT2D eigenvalue weighted by Gasteiger charge is -2.41. The number of rotatable bonds is 6. The molecule has 0 aromatic heterocycles. The monoisotopic (exact) mass is 267 g/mol. The van der Waals surface area contributed by atoms with Crippen LogP contribution in [0.1, 0.15) is 52.4 Å². The minimum absolute atomic E-state index is 0.422. The predicted octanol–water partition coefficient (Wildman–Crippen LogP) is 2.32. The van der Waals surface area contributed by atoms with Gasteiger partial charge in [0.05, 0.1) is 0 Å². The van der Waals surface area contributed by atoms with Crippen LogP contribution in [-0.4, -0.2) is 61.2 Å². The highest BCUT2D eigenvalue weighted by Crippen LogP contribution is 2.27. The molecule has 0 bridgehead atoms. The number of likely N-dealkylation sites (tertiary alicyclic amines) is 1. The molecule has 19 heavy (non-hydrogen) atoms. The largest absolute Gasteiger partial charge is 0.310 e. The van der Waals surface area contributed by atoms with Crippen LogP contribution >= 0.6 is 0 Å². The highest BCUT2D eigenvalue weighted by Gasteiger charge is 2.35. The Morgan fingerprint density at radius 1 is 1.26 bits per heavy atom. The summed E-state index contributed by atoms with van der Waals surface area (Å²) in [6, 6.07) is 0.805. The van der Waals surface area contributed by atoms with Gasteiger partial charge in [-0.05, 0) is 65.3 Å². The first-order chi connectivity index (χ1) is 9.19. The lowest BCUT2D eigenvalue weighted by molar-refractivity contribution is 0.104. The average molecular weight is 267 g/mol. The molecule has 3 heteroatoms. The molecular weight excluding hydrogens is 234 g/mol. The van der Waals surface area contributed by atoms with Crippen LogP contribution < -0.4 is 5.32 Å². The van der Waals surface area contributed by atoms with Crippen LogP contribution in [0.3, 0.4) is 0 Å². The number of nitrogens with one attached hydrogen (secondary N) is 1. The normalized spacial score (nSPS) is 30.3. The molecule has 2 aliphatic heterocycles. The van der Waals surface area contributed by atoms with E-state index in [4.69, 9.17) is 0 Å². The van der Waals surface area contributed by atoms with Crippen LogP contribution in [0.15, 0.2) is 0 Å². The van der Waals surface area contributed by atoms with Crippen molar-refractivity contribution < 1.29 is 0 Å². The molecule has 1 N–H and O–H groups in total. The summed E-state index contributed by atoms with van der Waals surface area (Å²) < 4.78 is 0. The van der Waals surface area contributed by atoms with E-state index in [9.17, 15) is 0 Å². The smallest absolute Gasteiger partial charge is 0.0309 e. The van der Waals surface area contributed by atoms with Crippen LogP contribution in [0.2, 0.25) is 0 Å². The van der Waals surface area contributed by atoms with Crippen molar-refractivity contribution in [3.8, 4) is 0 Å². The fourth-order valence-electron chi connectivity index (χ4n) is 4.06. The van der Waals surface area contributed by atoms with Crippen LogP contribution in [-0.2, 0) is 0 Å². The zero-order chi connectivity index (χ0) is 13.7. The summed E-state index contributed by atoms with van der Waals surface area (Å²) in [5, 5.41) is 3.81. The van der Waals surface area contributed by atoms with E-state index in [1.807, 2.05) is 0 Å². The summed E-state index contributed by atoms with van der Waals surface area (Å²) in [6.45, 7) is 10.9. The Hall–Kier alpha value is -0.120. The Balaban J connectivity index is 1.84. The summed E-state index contributed by atoms with van der Waals surface area (Å²) in [5.41, 5.74) is 0.422. The van der Waals surface area contributed by atoms with Gasteiger partial charge in [0, 0.05) is 18.1 Å². The Morgan fingerprint density at radius 2 is 2.00 bits per heavy atom. The van der Waals surface area contributed by atoms with Gasteiger partial charge < -0.3 is 15.1 Å². The molecule has 112 valence electrons. The van der Waals surface area contributed by atoms with E-state index in [1.165, 1.54) is 71.2 Å². The van der Waals surface area contributed by atoms with Gasteiger partial charge in [0.25, 0.3) is 0 Å². The maximum atomic E-state index is 3.81. The SMILES string of the molecule is CCCC1(CN(C)C2CCN(CC)CC2)CCCN1. The van der Waals surface area contributed by atoms with E-state index in [-0.39, 0.29) is 0 Å². The third kappa shape index (κ3) is 3.93. The molecule has 0 aliphatic carbocycles. The highest BCUT2D eigenvalue weighted by atomic mass is 15.2. The zero-order valence-corrected chi connectivity index (χ0v) is 13.2. The van der Waals surface area contributed by atoms with Gasteiger partial charge in [0.15, 0.2) is 0 Å². The first-order valence-corrected chi connectivity index (χ1v) is 8.37. The third-order valence-corrected chi connectivity index (χ3v) is 5.24. The van der Waals surface area contributed by atoms with E-state index >= 15 is 0 Å². The van der Waals surface area contributed by atoms with Gasteiger partial charge in [-0.3, -0.25) is 0 Å². The van der Waals surface area contributed by atoms with Crippen molar-refractivity contribution in [1.82, 2.24) is 15.1 Å². The quantitative estimate of drug-likeness (QED) is 0.797. The second kappa shape index (κ2) is 7.05. The van der Waals surface area contributed by atoms with Crippen molar-refractivity contribution in [2.24, 2.45) is 0 Å². The molecule has 0 aromatic rings. The molecule has 2 rings (SSSR count). The van der Waals surface area contributed by atoms with Gasteiger partial charge in [0.1, 0.15) is 0 Å². The Morgan fingerprint density at radius 3 is 2.53 bits per heavy atom. The maximum absolute atomic E-state index is 3.81. The first kappa shape index (κ1) is 15.3. The molecule has 1 unspecified atom stereocenters. The van der Waals surface area contributed by atoms with Gasteiger partial charge >= 0.3 is 0 Å².